The van der Waals surface area contributed by atoms with Crippen molar-refractivity contribution >= 4 is 11.9 Å². The third-order valence-corrected chi connectivity index (χ3v) is 7.35. The molecule has 1 aliphatic heterocycles. The summed E-state index contributed by atoms with van der Waals surface area (Å²) in [5, 5.41) is 0. The van der Waals surface area contributed by atoms with E-state index in [0.29, 0.717) is 50.4 Å². The minimum atomic E-state index is -0.398. The van der Waals surface area contributed by atoms with Gasteiger partial charge in [-0.05, 0) is 46.0 Å². The van der Waals surface area contributed by atoms with Crippen molar-refractivity contribution in [1.29, 1.82) is 0 Å². The Kier molecular flexibility index (Phi) is 19.2. The van der Waals surface area contributed by atoms with Crippen molar-refractivity contribution in [2.24, 2.45) is 0 Å². The van der Waals surface area contributed by atoms with Gasteiger partial charge in [0, 0.05) is 11.1 Å². The summed E-state index contributed by atoms with van der Waals surface area (Å²) in [5.74, 6) is -0.704. The molecule has 1 heterocycles. The van der Waals surface area contributed by atoms with Gasteiger partial charge in [0.25, 0.3) is 0 Å². The van der Waals surface area contributed by atoms with Crippen molar-refractivity contribution < 1.29 is 28.5 Å². The average molecular weight is 537 g/mol. The molecular weight excluding hydrogens is 480 g/mol. The first-order valence-electron chi connectivity index (χ1n) is 15.2. The third kappa shape index (κ3) is 15.1. The lowest BCUT2D eigenvalue weighted by Crippen LogP contribution is -2.51. The molecule has 1 fully saturated rings. The molecule has 0 aromatic rings. The Morgan fingerprint density at radius 3 is 1.71 bits per heavy atom. The van der Waals surface area contributed by atoms with Gasteiger partial charge in [-0.25, -0.2) is 9.59 Å². The van der Waals surface area contributed by atoms with Crippen LogP contribution in [0.5, 0.6) is 0 Å². The molecule has 0 saturated carbocycles. The lowest BCUT2D eigenvalue weighted by molar-refractivity contribution is -0.214. The smallest absolute Gasteiger partial charge is 0.333 e. The zero-order valence-corrected chi connectivity index (χ0v) is 24.8. The normalized spacial score (nSPS) is 19.2. The number of carbonyl (C=O) groups excluding carboxylic acids is 2. The molecule has 1 aliphatic rings. The van der Waals surface area contributed by atoms with Crippen LogP contribution in [0.1, 0.15) is 130 Å². The number of rotatable bonds is 23. The van der Waals surface area contributed by atoms with Crippen LogP contribution in [0.3, 0.4) is 0 Å². The SMILES string of the molecule is C=C(C)C(=O)OCCCC1OCCOC1(CCCCCCCCCCCCCC)CCCOC(=O)C(=C)C. The number of esters is 2. The third-order valence-electron chi connectivity index (χ3n) is 7.35. The number of carbonyl (C=O) groups is 2. The lowest BCUT2D eigenvalue weighted by Gasteiger charge is -2.44. The van der Waals surface area contributed by atoms with Crippen LogP contribution < -0.4 is 0 Å². The molecule has 6 nitrogen and oxygen atoms in total. The van der Waals surface area contributed by atoms with Crippen LogP contribution in [0, 0.1) is 0 Å². The van der Waals surface area contributed by atoms with E-state index < -0.39 is 5.60 Å². The van der Waals surface area contributed by atoms with Gasteiger partial charge in [0.05, 0.1) is 38.1 Å². The highest BCUT2D eigenvalue weighted by Gasteiger charge is 2.42. The lowest BCUT2D eigenvalue weighted by atomic mass is 9.82. The average Bonchev–Trinajstić information content (AvgIpc) is 2.90. The molecule has 220 valence electrons. The van der Waals surface area contributed by atoms with Crippen LogP contribution in [0.2, 0.25) is 0 Å². The Morgan fingerprint density at radius 1 is 0.711 bits per heavy atom. The standard InChI is InChI=1S/C32H56O6/c1-6-7-8-9-10-11-12-13-14-15-16-17-21-32(22-19-24-37-31(34)28(4)5)29(35-25-26-38-32)20-18-23-36-30(33)27(2)3/h29H,2,4,6-26H2,1,3,5H3. The first-order valence-corrected chi connectivity index (χ1v) is 15.2. The van der Waals surface area contributed by atoms with E-state index in [1.807, 2.05) is 0 Å². The van der Waals surface area contributed by atoms with Crippen LogP contribution in [-0.2, 0) is 28.5 Å². The molecule has 0 amide bonds. The topological polar surface area (TPSA) is 71.1 Å². The van der Waals surface area contributed by atoms with Gasteiger partial charge in [0.15, 0.2) is 0 Å². The molecule has 2 unspecified atom stereocenters. The van der Waals surface area contributed by atoms with E-state index in [4.69, 9.17) is 18.9 Å². The quantitative estimate of drug-likeness (QED) is 0.0748. The van der Waals surface area contributed by atoms with Gasteiger partial charge in [-0.15, -0.1) is 0 Å². The number of unbranched alkanes of at least 4 members (excludes halogenated alkanes) is 11. The second-order valence-corrected chi connectivity index (χ2v) is 11.0. The minimum absolute atomic E-state index is 0.0654. The molecule has 0 aromatic heterocycles. The maximum atomic E-state index is 11.8. The second-order valence-electron chi connectivity index (χ2n) is 11.0. The van der Waals surface area contributed by atoms with Gasteiger partial charge in [-0.1, -0.05) is 97.1 Å². The van der Waals surface area contributed by atoms with Gasteiger partial charge in [0.1, 0.15) is 0 Å². The summed E-state index contributed by atoms with van der Waals surface area (Å²) in [6, 6.07) is 0. The van der Waals surface area contributed by atoms with E-state index in [9.17, 15) is 9.59 Å². The molecule has 0 radical (unpaired) electrons. The van der Waals surface area contributed by atoms with Crippen molar-refractivity contribution in [2.75, 3.05) is 26.4 Å². The molecule has 0 bridgehead atoms. The van der Waals surface area contributed by atoms with Gasteiger partial charge in [-0.2, -0.15) is 0 Å². The van der Waals surface area contributed by atoms with Crippen LogP contribution in [0.4, 0.5) is 0 Å². The molecule has 0 spiro atoms. The fourth-order valence-electron chi connectivity index (χ4n) is 5.10. The predicted molar refractivity (Wildman–Crippen MR) is 154 cm³/mol. The van der Waals surface area contributed by atoms with Crippen molar-refractivity contribution in [3.05, 3.63) is 24.3 Å². The van der Waals surface area contributed by atoms with E-state index in [-0.39, 0.29) is 18.0 Å². The Bertz CT molecular complexity index is 687. The first-order chi connectivity index (χ1) is 18.3. The van der Waals surface area contributed by atoms with Crippen molar-refractivity contribution in [3.63, 3.8) is 0 Å². The molecule has 0 N–H and O–H groups in total. The molecular formula is C32H56O6. The number of ether oxygens (including phenoxy) is 4. The predicted octanol–water partition coefficient (Wildman–Crippen LogP) is 8.03. The van der Waals surface area contributed by atoms with E-state index in [1.165, 1.54) is 70.6 Å². The summed E-state index contributed by atoms with van der Waals surface area (Å²) in [5.41, 5.74) is 0.425. The maximum Gasteiger partial charge on any atom is 0.333 e. The highest BCUT2D eigenvalue weighted by molar-refractivity contribution is 5.87. The largest absolute Gasteiger partial charge is 0.462 e. The summed E-state index contributed by atoms with van der Waals surface area (Å²) in [7, 11) is 0. The fourth-order valence-corrected chi connectivity index (χ4v) is 5.10. The van der Waals surface area contributed by atoms with Gasteiger partial charge < -0.3 is 18.9 Å². The first kappa shape index (κ1) is 34.4. The van der Waals surface area contributed by atoms with Crippen LogP contribution >= 0.6 is 0 Å². The summed E-state index contributed by atoms with van der Waals surface area (Å²) in [6.45, 7) is 14.7. The van der Waals surface area contributed by atoms with Crippen LogP contribution in [0.25, 0.3) is 0 Å². The molecule has 2 atom stereocenters. The summed E-state index contributed by atoms with van der Waals surface area (Å²) in [6.07, 6.45) is 19.5. The van der Waals surface area contributed by atoms with Gasteiger partial charge in [-0.3, -0.25) is 0 Å². The second kappa shape index (κ2) is 21.2. The van der Waals surface area contributed by atoms with E-state index in [2.05, 4.69) is 20.1 Å². The molecule has 0 aliphatic carbocycles. The zero-order valence-electron chi connectivity index (χ0n) is 24.8. The van der Waals surface area contributed by atoms with Crippen LogP contribution in [-0.4, -0.2) is 50.1 Å². The molecule has 1 rings (SSSR count). The summed E-state index contributed by atoms with van der Waals surface area (Å²) in [4.78, 5) is 23.5. The monoisotopic (exact) mass is 536 g/mol. The Balaban J connectivity index is 2.50. The van der Waals surface area contributed by atoms with E-state index in [0.717, 1.165) is 25.7 Å². The van der Waals surface area contributed by atoms with Crippen molar-refractivity contribution in [1.82, 2.24) is 0 Å². The molecule has 38 heavy (non-hydrogen) atoms. The number of hydrogen-bond acceptors (Lipinski definition) is 6. The Hall–Kier alpha value is -1.66. The van der Waals surface area contributed by atoms with Gasteiger partial charge >= 0.3 is 11.9 Å². The Labute approximate surface area is 232 Å². The van der Waals surface area contributed by atoms with Gasteiger partial charge in [0.2, 0.25) is 0 Å². The molecule has 6 heteroatoms. The summed E-state index contributed by atoms with van der Waals surface area (Å²) < 4.78 is 23.3. The van der Waals surface area contributed by atoms with Crippen molar-refractivity contribution in [3.8, 4) is 0 Å². The maximum absolute atomic E-state index is 11.8. The van der Waals surface area contributed by atoms with Crippen LogP contribution in [0.15, 0.2) is 24.3 Å². The van der Waals surface area contributed by atoms with E-state index in [1.54, 1.807) is 13.8 Å². The number of hydrogen-bond donors (Lipinski definition) is 0. The van der Waals surface area contributed by atoms with E-state index >= 15 is 0 Å². The summed E-state index contributed by atoms with van der Waals surface area (Å²) >= 11 is 0. The van der Waals surface area contributed by atoms with Crippen molar-refractivity contribution in [2.45, 2.75) is 142 Å². The Morgan fingerprint density at radius 2 is 1.18 bits per heavy atom. The highest BCUT2D eigenvalue weighted by atomic mass is 16.6. The highest BCUT2D eigenvalue weighted by Crippen LogP contribution is 2.36. The fraction of sp³-hybridized carbons (Fsp3) is 0.812. The zero-order chi connectivity index (χ0) is 28.1. The minimum Gasteiger partial charge on any atom is -0.462 e. The molecule has 0 aromatic carbocycles. The molecule has 1 saturated heterocycles.